The van der Waals surface area contributed by atoms with Crippen LogP contribution in [0.3, 0.4) is 0 Å². The van der Waals surface area contributed by atoms with Gasteiger partial charge in [0.05, 0.1) is 47.0 Å². The smallest absolute Gasteiger partial charge is 0.265 e. The van der Waals surface area contributed by atoms with Crippen molar-refractivity contribution in [1.82, 2.24) is 34.8 Å². The number of hydrogen-bond donors (Lipinski definition) is 1. The molecule has 3 amide bonds. The Bertz CT molecular complexity index is 2250. The Labute approximate surface area is 309 Å². The number of nitrogens with zero attached hydrogens (tertiary/aromatic N) is 6. The Morgan fingerprint density at radius 1 is 1.08 bits per heavy atom. The molecular formula is C39H37N7O6S. The second kappa shape index (κ2) is 15.8. The predicted octanol–water partition coefficient (Wildman–Crippen LogP) is 4.40. The highest BCUT2D eigenvalue weighted by Gasteiger charge is 2.42. The van der Waals surface area contributed by atoms with Crippen LogP contribution in [-0.2, 0) is 40.5 Å². The molecule has 1 atom stereocenters. The van der Waals surface area contributed by atoms with E-state index in [1.165, 1.54) is 12.6 Å². The number of aromatic nitrogens is 5. The van der Waals surface area contributed by atoms with Gasteiger partial charge in [0.1, 0.15) is 29.5 Å². The van der Waals surface area contributed by atoms with Crippen LogP contribution in [-0.4, -0.2) is 73.1 Å². The highest BCUT2D eigenvalue weighted by Crippen LogP contribution is 2.37. The predicted molar refractivity (Wildman–Crippen MR) is 195 cm³/mol. The molecule has 5 aromatic rings. The second-order valence-corrected chi connectivity index (χ2v) is 13.7. The van der Waals surface area contributed by atoms with Crippen molar-refractivity contribution in [3.63, 3.8) is 0 Å². The normalized spacial score (nSPS) is 13.7. The minimum Gasteiger partial charge on any atom is -0.493 e. The third-order valence-corrected chi connectivity index (χ3v) is 10.4. The van der Waals surface area contributed by atoms with Gasteiger partial charge in [-0.15, -0.1) is 21.5 Å². The van der Waals surface area contributed by atoms with Gasteiger partial charge in [0.15, 0.2) is 5.82 Å². The fourth-order valence-electron chi connectivity index (χ4n) is 6.50. The third-order valence-electron chi connectivity index (χ3n) is 9.23. The fraction of sp³-hybridized carbons (Fsp3) is 0.308. The number of aryl methyl sites for hydroxylation is 2. The molecule has 2 aliphatic rings. The van der Waals surface area contributed by atoms with E-state index in [-0.39, 0.29) is 35.6 Å². The van der Waals surface area contributed by atoms with E-state index in [1.54, 1.807) is 35.7 Å². The van der Waals surface area contributed by atoms with Gasteiger partial charge in [-0.25, -0.2) is 0 Å². The van der Waals surface area contributed by atoms with Crippen molar-refractivity contribution < 1.29 is 28.7 Å². The van der Waals surface area contributed by atoms with E-state index in [2.05, 4.69) is 49.2 Å². The zero-order valence-corrected chi connectivity index (χ0v) is 30.1. The minimum absolute atomic E-state index is 0.00825. The number of unbranched alkanes of at least 4 members (excludes halogenated alkanes) is 1. The summed E-state index contributed by atoms with van der Waals surface area (Å²) in [4.78, 5) is 51.8. The van der Waals surface area contributed by atoms with Crippen LogP contribution < -0.4 is 10.1 Å². The van der Waals surface area contributed by atoms with Crippen molar-refractivity contribution in [1.29, 1.82) is 0 Å². The first kappa shape index (κ1) is 35.5. The van der Waals surface area contributed by atoms with E-state index in [9.17, 15) is 19.2 Å². The number of thiophene rings is 1. The zero-order chi connectivity index (χ0) is 36.9. The van der Waals surface area contributed by atoms with Crippen LogP contribution in [0.5, 0.6) is 5.75 Å². The molecule has 0 aliphatic carbocycles. The van der Waals surface area contributed by atoms with Crippen molar-refractivity contribution in [2.45, 2.75) is 64.8 Å². The van der Waals surface area contributed by atoms with Crippen LogP contribution >= 0.6 is 11.3 Å². The first-order chi connectivity index (χ1) is 25.9. The first-order valence-electron chi connectivity index (χ1n) is 17.4. The van der Waals surface area contributed by atoms with Crippen LogP contribution in [0.4, 0.5) is 0 Å². The van der Waals surface area contributed by atoms with E-state index in [1.807, 2.05) is 36.0 Å². The number of nitrogens with one attached hydrogen (secondary N) is 1. The number of hydrogen-bond acceptors (Lipinski definition) is 10. The van der Waals surface area contributed by atoms with E-state index >= 15 is 0 Å². The molecule has 1 unspecified atom stereocenters. The molecule has 7 rings (SSSR count). The molecule has 0 spiro atoms. The Hall–Kier alpha value is -5.91. The molecular weight excluding hydrogens is 695 g/mol. The van der Waals surface area contributed by atoms with Gasteiger partial charge >= 0.3 is 0 Å². The van der Waals surface area contributed by atoms with Gasteiger partial charge in [0.25, 0.3) is 11.8 Å². The molecule has 14 heteroatoms. The van der Waals surface area contributed by atoms with E-state index in [0.29, 0.717) is 39.1 Å². The van der Waals surface area contributed by atoms with Crippen molar-refractivity contribution >= 4 is 35.3 Å². The van der Waals surface area contributed by atoms with Gasteiger partial charge in [0, 0.05) is 31.8 Å². The summed E-state index contributed by atoms with van der Waals surface area (Å²) < 4.78 is 15.9. The lowest BCUT2D eigenvalue weighted by Gasteiger charge is -2.21. The summed E-state index contributed by atoms with van der Waals surface area (Å²) in [5, 5.41) is 16.6. The summed E-state index contributed by atoms with van der Waals surface area (Å²) in [6.07, 6.45) is 6.39. The molecule has 2 aromatic carbocycles. The maximum absolute atomic E-state index is 13.3. The Morgan fingerprint density at radius 2 is 1.92 bits per heavy atom. The average molecular weight is 732 g/mol. The molecule has 53 heavy (non-hydrogen) atoms. The van der Waals surface area contributed by atoms with Crippen LogP contribution in [0.25, 0.3) is 5.00 Å². The first-order valence-corrected chi connectivity index (χ1v) is 18.2. The van der Waals surface area contributed by atoms with Crippen LogP contribution in [0.2, 0.25) is 0 Å². The number of imide groups is 1. The highest BCUT2D eigenvalue weighted by atomic mass is 32.1. The van der Waals surface area contributed by atoms with Gasteiger partial charge in [-0.3, -0.25) is 28.5 Å². The molecule has 5 heterocycles. The van der Waals surface area contributed by atoms with Crippen molar-refractivity contribution in [2.24, 2.45) is 0 Å². The number of fused-ring (bicyclic) bond motifs is 4. The summed E-state index contributed by atoms with van der Waals surface area (Å²) in [7, 11) is 1.49. The van der Waals surface area contributed by atoms with Crippen LogP contribution in [0.1, 0.15) is 85.2 Å². The summed E-state index contributed by atoms with van der Waals surface area (Å²) in [5.74, 6) is 7.17. The van der Waals surface area contributed by atoms with Gasteiger partial charge in [-0.2, -0.15) is 5.10 Å². The maximum Gasteiger partial charge on any atom is 0.265 e. The summed E-state index contributed by atoms with van der Waals surface area (Å²) in [6.45, 7) is 3.77. The number of ether oxygens (including phenoxy) is 2. The minimum atomic E-state index is -1.05. The Balaban J connectivity index is 0.986. The van der Waals surface area contributed by atoms with E-state index in [4.69, 9.17) is 9.47 Å². The molecule has 2 aliphatic heterocycles. The monoisotopic (exact) mass is 731 g/mol. The van der Waals surface area contributed by atoms with Gasteiger partial charge < -0.3 is 19.6 Å². The van der Waals surface area contributed by atoms with Crippen LogP contribution in [0, 0.1) is 18.8 Å². The van der Waals surface area contributed by atoms with Crippen molar-refractivity contribution in [3.05, 3.63) is 111 Å². The number of aldehydes is 1. The summed E-state index contributed by atoms with van der Waals surface area (Å²) in [5.41, 5.74) is 4.56. The lowest BCUT2D eigenvalue weighted by Crippen LogP contribution is -2.41. The molecule has 0 radical (unpaired) electrons. The zero-order valence-electron chi connectivity index (χ0n) is 29.3. The summed E-state index contributed by atoms with van der Waals surface area (Å²) in [6, 6.07) is 14.1. The number of carbonyl (C=O) groups excluding carboxylic acids is 4. The second-order valence-electron chi connectivity index (χ2n) is 12.7. The molecule has 3 aromatic heterocycles. The lowest BCUT2D eigenvalue weighted by molar-refractivity contribution is -0.121. The number of rotatable bonds is 13. The van der Waals surface area contributed by atoms with Crippen LogP contribution in [0.15, 0.2) is 60.9 Å². The number of carbonyl (C=O) groups is 4. The molecule has 0 saturated heterocycles. The number of benzene rings is 2. The van der Waals surface area contributed by atoms with Gasteiger partial charge in [-0.1, -0.05) is 48.2 Å². The largest absolute Gasteiger partial charge is 0.493 e. The summed E-state index contributed by atoms with van der Waals surface area (Å²) >= 11 is 1.63. The molecule has 0 saturated carbocycles. The van der Waals surface area contributed by atoms with Crippen molar-refractivity contribution in [3.8, 4) is 22.6 Å². The molecule has 1 N–H and O–H groups in total. The molecule has 0 fully saturated rings. The topological polar surface area (TPSA) is 151 Å². The fourth-order valence-corrected chi connectivity index (χ4v) is 7.75. The van der Waals surface area contributed by atoms with E-state index < -0.39 is 17.9 Å². The van der Waals surface area contributed by atoms with Gasteiger partial charge in [0.2, 0.25) is 5.91 Å². The third kappa shape index (κ3) is 7.39. The molecule has 270 valence electrons. The van der Waals surface area contributed by atoms with Gasteiger partial charge in [-0.05, 0) is 55.9 Å². The standard InChI is InChI=1S/C39H37N7O6S/c1-25-42-43-34-24-51-23-31-30(19-26-9-4-3-5-10-26)33(53-39(31)45(25)34)15-13-27-20-41-44(21-27)17-6-7-18-52-32-12-8-11-29-36(32)38(50)46(37(29)49)28(22-47)14-16-35(48)40-2/h3-5,8-12,20-22,28H,6-7,14,16-19,23-24H2,1-2H3,(H,40,48). The quantitative estimate of drug-likeness (QED) is 0.0805. The Morgan fingerprint density at radius 3 is 2.74 bits per heavy atom. The number of amides is 3. The molecule has 13 nitrogen and oxygen atoms in total. The Kier molecular flexibility index (Phi) is 10.6. The van der Waals surface area contributed by atoms with E-state index in [0.717, 1.165) is 56.0 Å². The van der Waals surface area contributed by atoms with Crippen molar-refractivity contribution in [2.75, 3.05) is 13.7 Å². The highest BCUT2D eigenvalue weighted by molar-refractivity contribution is 7.15. The lowest BCUT2D eigenvalue weighted by atomic mass is 10.0. The maximum atomic E-state index is 13.3. The molecule has 0 bridgehead atoms. The average Bonchev–Trinajstić information content (AvgIpc) is 3.90. The SMILES string of the molecule is CNC(=O)CCC(C=O)N1C(=O)c2cccc(OCCCCn3cc(C#Cc4sc5c(c4Cc4ccccc4)COCc4nnc(C)n4-5)cn3)c2C1=O.